The summed E-state index contributed by atoms with van der Waals surface area (Å²) in [5.41, 5.74) is 0.834. The number of ether oxygens (including phenoxy) is 1. The van der Waals surface area contributed by atoms with Gasteiger partial charge in [0.25, 0.3) is 5.91 Å². The molecule has 3 rings (SSSR count). The van der Waals surface area contributed by atoms with Gasteiger partial charge in [-0.3, -0.25) is 9.59 Å². The molecule has 0 aromatic heterocycles. The van der Waals surface area contributed by atoms with Crippen molar-refractivity contribution in [3.8, 4) is 0 Å². The lowest BCUT2D eigenvalue weighted by molar-refractivity contribution is -0.152. The van der Waals surface area contributed by atoms with Crippen molar-refractivity contribution in [2.75, 3.05) is 13.2 Å². The fourth-order valence-corrected chi connectivity index (χ4v) is 3.01. The Morgan fingerprint density at radius 1 is 1.24 bits per heavy atom. The second-order valence-electron chi connectivity index (χ2n) is 5.58. The van der Waals surface area contributed by atoms with Gasteiger partial charge in [0.2, 0.25) is 5.91 Å². The average molecular weight is 288 g/mol. The zero-order valence-corrected chi connectivity index (χ0v) is 12.1. The van der Waals surface area contributed by atoms with Crippen LogP contribution in [0.4, 0.5) is 0 Å². The summed E-state index contributed by atoms with van der Waals surface area (Å²) in [4.78, 5) is 26.3. The molecule has 0 bridgehead atoms. The third kappa shape index (κ3) is 2.78. The van der Waals surface area contributed by atoms with Crippen LogP contribution in [0, 0.1) is 0 Å². The van der Waals surface area contributed by atoms with Crippen LogP contribution >= 0.6 is 0 Å². The van der Waals surface area contributed by atoms with Crippen LogP contribution < -0.4 is 5.32 Å². The van der Waals surface area contributed by atoms with E-state index in [2.05, 4.69) is 5.32 Å². The van der Waals surface area contributed by atoms with Crippen LogP contribution in [-0.2, 0) is 14.3 Å². The number of carbonyl (C=O) groups is 2. The van der Waals surface area contributed by atoms with Gasteiger partial charge in [-0.1, -0.05) is 30.3 Å². The van der Waals surface area contributed by atoms with E-state index in [4.69, 9.17) is 4.74 Å². The van der Waals surface area contributed by atoms with Crippen molar-refractivity contribution in [1.82, 2.24) is 10.2 Å². The lowest BCUT2D eigenvalue weighted by Gasteiger charge is -2.45. The standard InChI is InChI=1S/C16H20N2O3/c1-2-21-13-8-12(9-13)18-10-14(19)17-15(16(18)20)11-6-4-3-5-7-11/h3-7,12-13,15H,2,8-10H2,1H3,(H,17,19). The van der Waals surface area contributed by atoms with Gasteiger partial charge in [0.15, 0.2) is 0 Å². The largest absolute Gasteiger partial charge is 0.378 e. The summed E-state index contributed by atoms with van der Waals surface area (Å²) < 4.78 is 5.53. The van der Waals surface area contributed by atoms with E-state index in [9.17, 15) is 9.59 Å². The van der Waals surface area contributed by atoms with Crippen molar-refractivity contribution in [1.29, 1.82) is 0 Å². The van der Waals surface area contributed by atoms with Gasteiger partial charge in [-0.15, -0.1) is 0 Å². The van der Waals surface area contributed by atoms with Crippen LogP contribution in [0.2, 0.25) is 0 Å². The maximum atomic E-state index is 12.6. The Balaban J connectivity index is 1.71. The zero-order valence-electron chi connectivity index (χ0n) is 12.1. The normalized spacial score (nSPS) is 29.0. The molecule has 1 saturated heterocycles. The van der Waals surface area contributed by atoms with Crippen molar-refractivity contribution in [2.45, 2.75) is 38.0 Å². The molecule has 1 aliphatic heterocycles. The number of amides is 2. The number of rotatable bonds is 4. The lowest BCUT2D eigenvalue weighted by atomic mass is 9.86. The van der Waals surface area contributed by atoms with E-state index in [-0.39, 0.29) is 30.5 Å². The van der Waals surface area contributed by atoms with Crippen LogP contribution in [0.1, 0.15) is 31.4 Å². The molecule has 1 heterocycles. The number of benzene rings is 1. The average Bonchev–Trinajstić information content (AvgIpc) is 2.46. The van der Waals surface area contributed by atoms with E-state index in [0.29, 0.717) is 6.61 Å². The molecule has 112 valence electrons. The maximum absolute atomic E-state index is 12.6. The molecule has 5 nitrogen and oxygen atoms in total. The van der Waals surface area contributed by atoms with Crippen molar-refractivity contribution < 1.29 is 14.3 Å². The molecule has 1 atom stereocenters. The molecule has 1 aromatic carbocycles. The second kappa shape index (κ2) is 5.85. The molecule has 1 unspecified atom stereocenters. The van der Waals surface area contributed by atoms with E-state index < -0.39 is 6.04 Å². The Hall–Kier alpha value is -1.88. The third-order valence-corrected chi connectivity index (χ3v) is 4.20. The Kier molecular flexibility index (Phi) is 3.92. The fourth-order valence-electron chi connectivity index (χ4n) is 3.01. The van der Waals surface area contributed by atoms with Crippen LogP contribution in [0.5, 0.6) is 0 Å². The molecule has 21 heavy (non-hydrogen) atoms. The highest BCUT2D eigenvalue weighted by molar-refractivity contribution is 5.95. The molecule has 5 heteroatoms. The predicted molar refractivity (Wildman–Crippen MR) is 77.5 cm³/mol. The van der Waals surface area contributed by atoms with Crippen molar-refractivity contribution in [2.24, 2.45) is 0 Å². The van der Waals surface area contributed by atoms with Crippen LogP contribution in [0.15, 0.2) is 30.3 Å². The Morgan fingerprint density at radius 2 is 1.95 bits per heavy atom. The SMILES string of the molecule is CCOC1CC(N2CC(=O)NC(c3ccccc3)C2=O)C1. The van der Waals surface area contributed by atoms with Gasteiger partial charge in [0.05, 0.1) is 12.6 Å². The van der Waals surface area contributed by atoms with E-state index in [1.807, 2.05) is 37.3 Å². The predicted octanol–water partition coefficient (Wildman–Crippen LogP) is 1.25. The highest BCUT2D eigenvalue weighted by Gasteiger charge is 2.42. The minimum absolute atomic E-state index is 0.0132. The summed E-state index contributed by atoms with van der Waals surface area (Å²) in [6.07, 6.45) is 1.89. The third-order valence-electron chi connectivity index (χ3n) is 4.20. The quantitative estimate of drug-likeness (QED) is 0.907. The minimum Gasteiger partial charge on any atom is -0.378 e. The van der Waals surface area contributed by atoms with Gasteiger partial charge in [-0.2, -0.15) is 0 Å². The molecule has 0 radical (unpaired) electrons. The van der Waals surface area contributed by atoms with Gasteiger partial charge >= 0.3 is 0 Å². The number of nitrogens with zero attached hydrogens (tertiary/aromatic N) is 1. The highest BCUT2D eigenvalue weighted by atomic mass is 16.5. The summed E-state index contributed by atoms with van der Waals surface area (Å²) in [5, 5.41) is 2.79. The first-order chi connectivity index (χ1) is 10.2. The van der Waals surface area contributed by atoms with Gasteiger partial charge in [-0.25, -0.2) is 0 Å². The molecular weight excluding hydrogens is 268 g/mol. The molecule has 1 aromatic rings. The first-order valence-corrected chi connectivity index (χ1v) is 7.45. The van der Waals surface area contributed by atoms with Crippen molar-refractivity contribution in [3.05, 3.63) is 35.9 Å². The summed E-state index contributed by atoms with van der Waals surface area (Å²) in [5.74, 6) is -0.107. The van der Waals surface area contributed by atoms with Crippen LogP contribution in [0.3, 0.4) is 0 Å². The van der Waals surface area contributed by atoms with Gasteiger partial charge in [-0.05, 0) is 25.3 Å². The second-order valence-corrected chi connectivity index (χ2v) is 5.58. The van der Waals surface area contributed by atoms with E-state index in [1.54, 1.807) is 4.90 Å². The topological polar surface area (TPSA) is 58.6 Å². The number of piperazine rings is 1. The van der Waals surface area contributed by atoms with Gasteiger partial charge in [0, 0.05) is 12.6 Å². The Bertz CT molecular complexity index is 526. The summed E-state index contributed by atoms with van der Waals surface area (Å²) >= 11 is 0. The Morgan fingerprint density at radius 3 is 2.62 bits per heavy atom. The lowest BCUT2D eigenvalue weighted by Crippen LogP contribution is -2.60. The molecule has 0 spiro atoms. The number of nitrogens with one attached hydrogen (secondary N) is 1. The number of hydrogen-bond donors (Lipinski definition) is 1. The summed E-state index contributed by atoms with van der Waals surface area (Å²) in [6, 6.07) is 8.97. The van der Waals surface area contributed by atoms with E-state index >= 15 is 0 Å². The molecule has 2 amide bonds. The fraction of sp³-hybridized carbons (Fsp3) is 0.500. The van der Waals surface area contributed by atoms with Crippen molar-refractivity contribution in [3.63, 3.8) is 0 Å². The molecular formula is C16H20N2O3. The van der Waals surface area contributed by atoms with Crippen LogP contribution in [0.25, 0.3) is 0 Å². The molecule has 2 fully saturated rings. The maximum Gasteiger partial charge on any atom is 0.250 e. The number of carbonyl (C=O) groups excluding carboxylic acids is 2. The van der Waals surface area contributed by atoms with E-state index in [0.717, 1.165) is 18.4 Å². The van der Waals surface area contributed by atoms with Crippen LogP contribution in [-0.4, -0.2) is 42.0 Å². The minimum atomic E-state index is -0.557. The zero-order chi connectivity index (χ0) is 14.8. The monoisotopic (exact) mass is 288 g/mol. The first kappa shape index (κ1) is 14.1. The smallest absolute Gasteiger partial charge is 0.250 e. The van der Waals surface area contributed by atoms with Gasteiger partial charge < -0.3 is 15.0 Å². The molecule has 1 saturated carbocycles. The Labute approximate surface area is 124 Å². The summed E-state index contributed by atoms with van der Waals surface area (Å²) in [7, 11) is 0. The first-order valence-electron chi connectivity index (χ1n) is 7.45. The number of hydrogen-bond acceptors (Lipinski definition) is 3. The summed E-state index contributed by atoms with van der Waals surface area (Å²) in [6.45, 7) is 2.82. The highest BCUT2D eigenvalue weighted by Crippen LogP contribution is 2.31. The van der Waals surface area contributed by atoms with Crippen molar-refractivity contribution >= 4 is 11.8 Å². The molecule has 1 aliphatic carbocycles. The molecule has 1 N–H and O–H groups in total. The molecule has 2 aliphatic rings. The van der Waals surface area contributed by atoms with E-state index in [1.165, 1.54) is 0 Å². The van der Waals surface area contributed by atoms with Gasteiger partial charge in [0.1, 0.15) is 6.04 Å².